The van der Waals surface area contributed by atoms with Gasteiger partial charge in [-0.2, -0.15) is 0 Å². The van der Waals surface area contributed by atoms with E-state index in [9.17, 15) is 4.79 Å². The predicted molar refractivity (Wildman–Crippen MR) is 103 cm³/mol. The molecule has 0 amide bonds. The van der Waals surface area contributed by atoms with Crippen LogP contribution in [0.15, 0.2) is 91.0 Å². The number of allylic oxidation sites excluding steroid dienone is 1. The molecule has 0 aliphatic rings. The number of carbonyl (C=O) groups is 1. The zero-order valence-electron chi connectivity index (χ0n) is 13.9. The van der Waals surface area contributed by atoms with Crippen LogP contribution in [-0.4, -0.2) is 5.78 Å². The van der Waals surface area contributed by atoms with Crippen molar-refractivity contribution in [1.29, 1.82) is 0 Å². The van der Waals surface area contributed by atoms with Gasteiger partial charge in [-0.3, -0.25) is 4.79 Å². The number of hydrogen-bond donors (Lipinski definition) is 2. The molecule has 124 valence electrons. The molecule has 0 aromatic heterocycles. The van der Waals surface area contributed by atoms with E-state index in [4.69, 9.17) is 5.73 Å². The maximum atomic E-state index is 12.6. The highest BCUT2D eigenvalue weighted by Gasteiger charge is 2.07. The summed E-state index contributed by atoms with van der Waals surface area (Å²) in [6, 6.07) is 26.8. The van der Waals surface area contributed by atoms with E-state index in [1.807, 2.05) is 84.9 Å². The van der Waals surface area contributed by atoms with Gasteiger partial charge in [-0.25, -0.2) is 0 Å². The highest BCUT2D eigenvalue weighted by atomic mass is 16.1. The summed E-state index contributed by atoms with van der Waals surface area (Å²) in [5.74, 6) is -0.0238. The van der Waals surface area contributed by atoms with E-state index in [0.717, 1.165) is 22.5 Å². The minimum absolute atomic E-state index is 0.0238. The number of rotatable bonds is 6. The quantitative estimate of drug-likeness (QED) is 0.403. The van der Waals surface area contributed by atoms with Crippen LogP contribution in [0.4, 0.5) is 5.69 Å². The number of nitrogens with two attached hydrogens (primary N) is 1. The van der Waals surface area contributed by atoms with Gasteiger partial charge in [0.25, 0.3) is 0 Å². The fourth-order valence-corrected chi connectivity index (χ4v) is 2.50. The fraction of sp³-hybridized carbons (Fsp3) is 0.0455. The Bertz CT molecular complexity index is 854. The number of carbonyl (C=O) groups excluding carboxylic acids is 1. The number of nitrogens with one attached hydrogen (secondary N) is 1. The maximum Gasteiger partial charge on any atom is 0.187 e. The Kier molecular flexibility index (Phi) is 5.27. The van der Waals surface area contributed by atoms with Gasteiger partial charge in [-0.1, -0.05) is 72.8 Å². The average molecular weight is 328 g/mol. The average Bonchev–Trinajstić information content (AvgIpc) is 2.67. The van der Waals surface area contributed by atoms with E-state index in [0.29, 0.717) is 12.1 Å². The molecular formula is C22H20N2O. The van der Waals surface area contributed by atoms with Gasteiger partial charge in [0, 0.05) is 29.6 Å². The summed E-state index contributed by atoms with van der Waals surface area (Å²) < 4.78 is 0. The fourth-order valence-electron chi connectivity index (χ4n) is 2.50. The summed E-state index contributed by atoms with van der Waals surface area (Å²) in [4.78, 5) is 12.6. The normalized spacial score (nSPS) is 11.1. The molecule has 0 aliphatic heterocycles. The van der Waals surface area contributed by atoms with Crippen molar-refractivity contribution in [3.63, 3.8) is 0 Å². The van der Waals surface area contributed by atoms with Gasteiger partial charge in [-0.15, -0.1) is 0 Å². The third-order valence-electron chi connectivity index (χ3n) is 3.88. The second-order valence-corrected chi connectivity index (χ2v) is 5.75. The van der Waals surface area contributed by atoms with E-state index >= 15 is 0 Å². The van der Waals surface area contributed by atoms with Gasteiger partial charge in [0.2, 0.25) is 0 Å². The molecule has 0 bridgehead atoms. The third-order valence-corrected chi connectivity index (χ3v) is 3.88. The van der Waals surface area contributed by atoms with Crippen LogP contribution in [0.2, 0.25) is 0 Å². The van der Waals surface area contributed by atoms with E-state index in [1.54, 1.807) is 6.08 Å². The van der Waals surface area contributed by atoms with Gasteiger partial charge < -0.3 is 11.1 Å². The number of nitrogen functional groups attached to an aromatic ring is 1. The molecule has 0 atom stereocenters. The molecule has 3 nitrogen and oxygen atoms in total. The van der Waals surface area contributed by atoms with Crippen LogP contribution in [0.25, 0.3) is 5.70 Å². The summed E-state index contributed by atoms with van der Waals surface area (Å²) in [5, 5.41) is 3.37. The first-order valence-electron chi connectivity index (χ1n) is 8.17. The van der Waals surface area contributed by atoms with Crippen molar-refractivity contribution in [3.05, 3.63) is 108 Å². The Morgan fingerprint density at radius 1 is 0.800 bits per heavy atom. The highest BCUT2D eigenvalue weighted by Crippen LogP contribution is 2.15. The lowest BCUT2D eigenvalue weighted by Crippen LogP contribution is -2.13. The lowest BCUT2D eigenvalue weighted by molar-refractivity contribution is 0.104. The van der Waals surface area contributed by atoms with Crippen molar-refractivity contribution in [2.75, 3.05) is 5.73 Å². The molecule has 0 radical (unpaired) electrons. The first-order chi connectivity index (χ1) is 12.2. The SMILES string of the molecule is Nc1ccc(CN/C(=C\C(=O)c2ccccc2)c2ccccc2)cc1. The van der Waals surface area contributed by atoms with Crippen molar-refractivity contribution >= 4 is 17.2 Å². The van der Waals surface area contributed by atoms with Crippen LogP contribution in [0, 0.1) is 0 Å². The van der Waals surface area contributed by atoms with Gasteiger partial charge in [0.15, 0.2) is 5.78 Å². The molecule has 0 spiro atoms. The predicted octanol–water partition coefficient (Wildman–Crippen LogP) is 4.28. The van der Waals surface area contributed by atoms with E-state index in [2.05, 4.69) is 5.32 Å². The Balaban J connectivity index is 1.84. The minimum Gasteiger partial charge on any atom is -0.399 e. The summed E-state index contributed by atoms with van der Waals surface area (Å²) in [6.45, 7) is 0.614. The Morgan fingerprint density at radius 2 is 1.36 bits per heavy atom. The monoisotopic (exact) mass is 328 g/mol. The summed E-state index contributed by atoms with van der Waals surface area (Å²) in [7, 11) is 0. The van der Waals surface area contributed by atoms with Gasteiger partial charge >= 0.3 is 0 Å². The van der Waals surface area contributed by atoms with Crippen molar-refractivity contribution in [2.45, 2.75) is 6.54 Å². The smallest absolute Gasteiger partial charge is 0.187 e. The molecular weight excluding hydrogens is 308 g/mol. The van der Waals surface area contributed by atoms with Crippen molar-refractivity contribution in [1.82, 2.24) is 5.32 Å². The van der Waals surface area contributed by atoms with Crippen LogP contribution < -0.4 is 11.1 Å². The third kappa shape index (κ3) is 4.58. The molecule has 3 N–H and O–H groups in total. The zero-order chi connectivity index (χ0) is 17.5. The molecule has 3 heteroatoms. The molecule has 25 heavy (non-hydrogen) atoms. The number of anilines is 1. The Morgan fingerprint density at radius 3 is 1.96 bits per heavy atom. The molecule has 0 fully saturated rings. The van der Waals surface area contributed by atoms with Crippen LogP contribution >= 0.6 is 0 Å². The Hall–Kier alpha value is -3.33. The topological polar surface area (TPSA) is 55.1 Å². The van der Waals surface area contributed by atoms with Crippen LogP contribution in [0.3, 0.4) is 0 Å². The van der Waals surface area contributed by atoms with Gasteiger partial charge in [0.1, 0.15) is 0 Å². The second-order valence-electron chi connectivity index (χ2n) is 5.75. The van der Waals surface area contributed by atoms with Crippen LogP contribution in [0.1, 0.15) is 21.5 Å². The molecule has 3 aromatic rings. The first-order valence-corrected chi connectivity index (χ1v) is 8.17. The van der Waals surface area contributed by atoms with Crippen LogP contribution in [0.5, 0.6) is 0 Å². The number of ketones is 1. The molecule has 0 saturated heterocycles. The zero-order valence-corrected chi connectivity index (χ0v) is 13.9. The highest BCUT2D eigenvalue weighted by molar-refractivity contribution is 6.08. The Labute approximate surface area is 147 Å². The molecule has 0 saturated carbocycles. The van der Waals surface area contributed by atoms with Crippen molar-refractivity contribution in [3.8, 4) is 0 Å². The molecule has 0 aliphatic carbocycles. The molecule has 3 rings (SSSR count). The number of benzene rings is 3. The van der Waals surface area contributed by atoms with Crippen molar-refractivity contribution in [2.24, 2.45) is 0 Å². The minimum atomic E-state index is -0.0238. The lowest BCUT2D eigenvalue weighted by Gasteiger charge is -2.12. The lowest BCUT2D eigenvalue weighted by atomic mass is 10.1. The van der Waals surface area contributed by atoms with Gasteiger partial charge in [-0.05, 0) is 23.3 Å². The number of hydrogen-bond acceptors (Lipinski definition) is 3. The summed E-state index contributed by atoms with van der Waals surface area (Å²) in [5.41, 5.74) is 10.0. The molecule has 0 unspecified atom stereocenters. The van der Waals surface area contributed by atoms with E-state index < -0.39 is 0 Å². The van der Waals surface area contributed by atoms with Gasteiger partial charge in [0.05, 0.1) is 0 Å². The molecule has 3 aromatic carbocycles. The standard InChI is InChI=1S/C22H20N2O/c23-20-13-11-17(12-14-20)16-24-21(18-7-3-1-4-8-18)15-22(25)19-9-5-2-6-10-19/h1-15,24H,16,23H2/b21-15-. The second kappa shape index (κ2) is 7.97. The first kappa shape index (κ1) is 16.5. The largest absolute Gasteiger partial charge is 0.399 e. The van der Waals surface area contributed by atoms with E-state index in [-0.39, 0.29) is 5.78 Å². The van der Waals surface area contributed by atoms with Crippen molar-refractivity contribution < 1.29 is 4.79 Å². The summed E-state index contributed by atoms with van der Waals surface area (Å²) in [6.07, 6.45) is 1.65. The van der Waals surface area contributed by atoms with Crippen LogP contribution in [-0.2, 0) is 6.54 Å². The maximum absolute atomic E-state index is 12.6. The summed E-state index contributed by atoms with van der Waals surface area (Å²) >= 11 is 0. The van der Waals surface area contributed by atoms with E-state index in [1.165, 1.54) is 0 Å². The molecule has 0 heterocycles.